The van der Waals surface area contributed by atoms with Crippen LogP contribution in [0.1, 0.15) is 15.9 Å². The fourth-order valence-corrected chi connectivity index (χ4v) is 2.10. The molecule has 0 aromatic heterocycles. The Morgan fingerprint density at radius 2 is 2.05 bits per heavy atom. The molecule has 0 bridgehead atoms. The van der Waals surface area contributed by atoms with Crippen LogP contribution >= 0.6 is 27.5 Å². The molecule has 0 aliphatic heterocycles. The number of rotatable bonds is 2. The van der Waals surface area contributed by atoms with Crippen molar-refractivity contribution in [2.24, 2.45) is 0 Å². The first kappa shape index (κ1) is 14.4. The lowest BCUT2D eigenvalue weighted by atomic mass is 10.1. The molecule has 0 radical (unpaired) electrons. The number of amides is 1. The zero-order valence-electron chi connectivity index (χ0n) is 10.2. The summed E-state index contributed by atoms with van der Waals surface area (Å²) in [6, 6.07) is 11.5. The topological polar surface area (TPSA) is 78.9 Å². The van der Waals surface area contributed by atoms with E-state index in [0.717, 1.165) is 0 Å². The molecule has 6 heteroatoms. The first-order valence-electron chi connectivity index (χ1n) is 5.57. The third-order valence-corrected chi connectivity index (χ3v) is 3.62. The number of hydrogen-bond acceptors (Lipinski definition) is 3. The van der Waals surface area contributed by atoms with Crippen molar-refractivity contribution in [3.8, 4) is 6.07 Å². The maximum atomic E-state index is 12.1. The van der Waals surface area contributed by atoms with Crippen molar-refractivity contribution < 1.29 is 4.79 Å². The van der Waals surface area contributed by atoms with Gasteiger partial charge in [0.25, 0.3) is 5.91 Å². The maximum Gasteiger partial charge on any atom is 0.255 e. The van der Waals surface area contributed by atoms with Crippen LogP contribution in [0.5, 0.6) is 0 Å². The summed E-state index contributed by atoms with van der Waals surface area (Å²) >= 11 is 9.25. The molecule has 4 nitrogen and oxygen atoms in total. The van der Waals surface area contributed by atoms with Gasteiger partial charge < -0.3 is 11.1 Å². The van der Waals surface area contributed by atoms with Gasteiger partial charge in [-0.3, -0.25) is 4.79 Å². The number of nitrogens with two attached hydrogens (primary N) is 1. The van der Waals surface area contributed by atoms with Gasteiger partial charge in [0.05, 0.1) is 22.3 Å². The van der Waals surface area contributed by atoms with Crippen molar-refractivity contribution in [2.45, 2.75) is 0 Å². The standard InChI is InChI=1S/C14H9BrClN3O/c15-10-6-9(2-4-12(10)18)14(20)19-13-5-8(7-17)1-3-11(13)16/h1-6H,18H2,(H,19,20). The Morgan fingerprint density at radius 3 is 2.70 bits per heavy atom. The molecule has 3 N–H and O–H groups in total. The van der Waals surface area contributed by atoms with Gasteiger partial charge in [-0.2, -0.15) is 5.26 Å². The Morgan fingerprint density at radius 1 is 1.30 bits per heavy atom. The second-order valence-electron chi connectivity index (χ2n) is 4.00. The molecule has 2 rings (SSSR count). The molecule has 0 aliphatic rings. The number of carbonyl (C=O) groups excluding carboxylic acids is 1. The zero-order valence-corrected chi connectivity index (χ0v) is 12.5. The summed E-state index contributed by atoms with van der Waals surface area (Å²) in [6.45, 7) is 0. The molecule has 0 aliphatic carbocycles. The highest BCUT2D eigenvalue weighted by Crippen LogP contribution is 2.25. The molecule has 0 heterocycles. The van der Waals surface area contributed by atoms with Crippen LogP contribution in [0, 0.1) is 11.3 Å². The molecule has 0 saturated heterocycles. The second kappa shape index (κ2) is 5.95. The van der Waals surface area contributed by atoms with E-state index in [0.29, 0.717) is 32.0 Å². The molecule has 100 valence electrons. The largest absolute Gasteiger partial charge is 0.398 e. The smallest absolute Gasteiger partial charge is 0.255 e. The van der Waals surface area contributed by atoms with Crippen LogP contribution in [0.15, 0.2) is 40.9 Å². The average molecular weight is 351 g/mol. The van der Waals surface area contributed by atoms with Gasteiger partial charge in [-0.15, -0.1) is 0 Å². The van der Waals surface area contributed by atoms with Crippen LogP contribution in [-0.2, 0) is 0 Å². The molecule has 2 aromatic rings. The number of hydrogen-bond donors (Lipinski definition) is 2. The van der Waals surface area contributed by atoms with Gasteiger partial charge in [-0.05, 0) is 52.3 Å². The van der Waals surface area contributed by atoms with Crippen molar-refractivity contribution >= 4 is 44.8 Å². The second-order valence-corrected chi connectivity index (χ2v) is 5.26. The van der Waals surface area contributed by atoms with Crippen molar-refractivity contribution in [2.75, 3.05) is 11.1 Å². The van der Waals surface area contributed by atoms with Crippen LogP contribution in [-0.4, -0.2) is 5.91 Å². The van der Waals surface area contributed by atoms with Crippen LogP contribution in [0.2, 0.25) is 5.02 Å². The Hall–Kier alpha value is -2.03. The van der Waals surface area contributed by atoms with E-state index < -0.39 is 0 Å². The maximum absolute atomic E-state index is 12.1. The van der Waals surface area contributed by atoms with Gasteiger partial charge in [-0.25, -0.2) is 0 Å². The normalized spacial score (nSPS) is 9.85. The van der Waals surface area contributed by atoms with E-state index in [-0.39, 0.29) is 5.91 Å². The SMILES string of the molecule is N#Cc1ccc(Cl)c(NC(=O)c2ccc(N)c(Br)c2)c1. The van der Waals surface area contributed by atoms with Gasteiger partial charge in [0.2, 0.25) is 0 Å². The van der Waals surface area contributed by atoms with Gasteiger partial charge in [0.15, 0.2) is 0 Å². The highest BCUT2D eigenvalue weighted by molar-refractivity contribution is 9.10. The fraction of sp³-hybridized carbons (Fsp3) is 0. The number of nitrogens with zero attached hydrogens (tertiary/aromatic N) is 1. The summed E-state index contributed by atoms with van der Waals surface area (Å²) in [7, 11) is 0. The highest BCUT2D eigenvalue weighted by Gasteiger charge is 2.10. The zero-order chi connectivity index (χ0) is 14.7. The number of carbonyl (C=O) groups is 1. The number of halogens is 2. The van der Waals surface area contributed by atoms with Crippen molar-refractivity contribution in [1.29, 1.82) is 5.26 Å². The summed E-state index contributed by atoms with van der Waals surface area (Å²) in [5.41, 5.74) is 7.46. The highest BCUT2D eigenvalue weighted by atomic mass is 79.9. The van der Waals surface area contributed by atoms with E-state index in [4.69, 9.17) is 22.6 Å². The van der Waals surface area contributed by atoms with Gasteiger partial charge >= 0.3 is 0 Å². The van der Waals surface area contributed by atoms with Crippen LogP contribution in [0.3, 0.4) is 0 Å². The Balaban J connectivity index is 2.28. The van der Waals surface area contributed by atoms with Crippen molar-refractivity contribution in [1.82, 2.24) is 0 Å². The number of nitriles is 1. The number of anilines is 2. The van der Waals surface area contributed by atoms with Gasteiger partial charge in [0, 0.05) is 15.7 Å². The molecule has 20 heavy (non-hydrogen) atoms. The Labute approximate surface area is 129 Å². The molecule has 0 spiro atoms. The predicted molar refractivity (Wildman–Crippen MR) is 82.7 cm³/mol. The molecular weight excluding hydrogens is 342 g/mol. The Bertz CT molecular complexity index is 725. The minimum atomic E-state index is -0.331. The molecular formula is C14H9BrClN3O. The summed E-state index contributed by atoms with van der Waals surface area (Å²) < 4.78 is 0.641. The quantitative estimate of drug-likeness (QED) is 0.808. The van der Waals surface area contributed by atoms with Crippen molar-refractivity contribution in [3.05, 3.63) is 57.0 Å². The summed E-state index contributed by atoms with van der Waals surface area (Å²) in [5.74, 6) is -0.331. The summed E-state index contributed by atoms with van der Waals surface area (Å²) in [4.78, 5) is 12.1. The van der Waals surface area contributed by atoms with Crippen molar-refractivity contribution in [3.63, 3.8) is 0 Å². The molecule has 1 amide bonds. The number of nitrogens with one attached hydrogen (secondary N) is 1. The first-order valence-corrected chi connectivity index (χ1v) is 6.74. The molecule has 0 fully saturated rings. The van der Waals surface area contributed by atoms with Crippen LogP contribution < -0.4 is 11.1 Å². The minimum absolute atomic E-state index is 0.331. The summed E-state index contributed by atoms with van der Waals surface area (Å²) in [5, 5.41) is 11.9. The lowest BCUT2D eigenvalue weighted by Gasteiger charge is -2.08. The van der Waals surface area contributed by atoms with Gasteiger partial charge in [0.1, 0.15) is 0 Å². The van der Waals surface area contributed by atoms with E-state index >= 15 is 0 Å². The average Bonchev–Trinajstić information content (AvgIpc) is 2.44. The third-order valence-electron chi connectivity index (χ3n) is 2.61. The first-order chi connectivity index (χ1) is 9.51. The van der Waals surface area contributed by atoms with Gasteiger partial charge in [-0.1, -0.05) is 11.6 Å². The lowest BCUT2D eigenvalue weighted by molar-refractivity contribution is 0.102. The lowest BCUT2D eigenvalue weighted by Crippen LogP contribution is -2.12. The van der Waals surface area contributed by atoms with E-state index in [2.05, 4.69) is 21.2 Å². The van der Waals surface area contributed by atoms with E-state index in [1.807, 2.05) is 6.07 Å². The van der Waals surface area contributed by atoms with E-state index in [1.54, 1.807) is 30.3 Å². The minimum Gasteiger partial charge on any atom is -0.398 e. The molecule has 0 unspecified atom stereocenters. The molecule has 0 saturated carbocycles. The number of nitrogen functional groups attached to an aromatic ring is 1. The Kier molecular flexibility index (Phi) is 4.28. The van der Waals surface area contributed by atoms with Crippen LogP contribution in [0.25, 0.3) is 0 Å². The van der Waals surface area contributed by atoms with Crippen LogP contribution in [0.4, 0.5) is 11.4 Å². The molecule has 0 atom stereocenters. The van der Waals surface area contributed by atoms with E-state index in [9.17, 15) is 4.79 Å². The predicted octanol–water partition coefficient (Wildman–Crippen LogP) is 3.81. The fourth-order valence-electron chi connectivity index (χ4n) is 1.55. The van der Waals surface area contributed by atoms with E-state index in [1.165, 1.54) is 6.07 Å². The number of benzene rings is 2. The summed E-state index contributed by atoms with van der Waals surface area (Å²) in [6.07, 6.45) is 0. The third kappa shape index (κ3) is 3.10. The monoisotopic (exact) mass is 349 g/mol. The molecule has 2 aromatic carbocycles.